The summed E-state index contributed by atoms with van der Waals surface area (Å²) in [4.78, 5) is 23.8. The van der Waals surface area contributed by atoms with Gasteiger partial charge in [0.1, 0.15) is 0 Å². The summed E-state index contributed by atoms with van der Waals surface area (Å²) in [5, 5.41) is 5.66. The van der Waals surface area contributed by atoms with Gasteiger partial charge in [0, 0.05) is 5.56 Å². The van der Waals surface area contributed by atoms with Crippen LogP contribution in [0.5, 0.6) is 0 Å². The minimum absolute atomic E-state index is 0.195. The maximum atomic E-state index is 12.7. The highest BCUT2D eigenvalue weighted by Crippen LogP contribution is 2.25. The van der Waals surface area contributed by atoms with Crippen molar-refractivity contribution in [3.8, 4) is 0 Å². The lowest BCUT2D eigenvalue weighted by Gasteiger charge is -2.11. The highest BCUT2D eigenvalue weighted by Gasteiger charge is 2.28. The zero-order valence-electron chi connectivity index (χ0n) is 13.5. The van der Waals surface area contributed by atoms with Crippen molar-refractivity contribution in [2.75, 3.05) is 5.01 Å². The van der Waals surface area contributed by atoms with E-state index in [1.165, 1.54) is 5.01 Å². The average Bonchev–Trinajstić information content (AvgIpc) is 2.85. The molecule has 2 N–H and O–H groups in total. The summed E-state index contributed by atoms with van der Waals surface area (Å²) in [5.74, 6) is -0.700. The second-order valence-electron chi connectivity index (χ2n) is 5.68. The van der Waals surface area contributed by atoms with Crippen molar-refractivity contribution in [3.05, 3.63) is 70.8 Å². The van der Waals surface area contributed by atoms with Crippen LogP contribution in [0.15, 0.2) is 59.2 Å². The molecule has 120 valence electrons. The van der Waals surface area contributed by atoms with Crippen LogP contribution in [-0.4, -0.2) is 17.5 Å². The zero-order valence-corrected chi connectivity index (χ0v) is 13.5. The molecule has 1 aliphatic heterocycles. The molecule has 2 aromatic rings. The van der Waals surface area contributed by atoms with E-state index in [0.717, 1.165) is 11.1 Å². The van der Waals surface area contributed by atoms with E-state index in [1.807, 2.05) is 37.3 Å². The fourth-order valence-electron chi connectivity index (χ4n) is 2.46. The van der Waals surface area contributed by atoms with Gasteiger partial charge in [0.2, 0.25) is 5.91 Å². The number of anilines is 1. The fraction of sp³-hybridized carbons (Fsp3) is 0.105. The SMILES string of the molecule is CC1=NN(c2ccc(C(N)=O)cc2)C(=O)/C1=C\c1ccc(C)cc1. The molecule has 5 heteroatoms. The van der Waals surface area contributed by atoms with E-state index in [1.54, 1.807) is 31.2 Å². The number of hydrazone groups is 1. The quantitative estimate of drug-likeness (QED) is 0.883. The van der Waals surface area contributed by atoms with Gasteiger partial charge in [-0.1, -0.05) is 29.8 Å². The van der Waals surface area contributed by atoms with Crippen molar-refractivity contribution in [2.24, 2.45) is 10.8 Å². The van der Waals surface area contributed by atoms with E-state index in [0.29, 0.717) is 22.5 Å². The summed E-state index contributed by atoms with van der Waals surface area (Å²) in [6, 6.07) is 14.4. The summed E-state index contributed by atoms with van der Waals surface area (Å²) in [6.07, 6.45) is 1.83. The van der Waals surface area contributed by atoms with Crippen LogP contribution in [0.25, 0.3) is 6.08 Å². The van der Waals surface area contributed by atoms with E-state index in [2.05, 4.69) is 5.10 Å². The van der Waals surface area contributed by atoms with Gasteiger partial charge in [-0.25, -0.2) is 0 Å². The maximum Gasteiger partial charge on any atom is 0.280 e. The second-order valence-corrected chi connectivity index (χ2v) is 5.68. The smallest absolute Gasteiger partial charge is 0.280 e. The van der Waals surface area contributed by atoms with Gasteiger partial charge in [0.25, 0.3) is 5.91 Å². The highest BCUT2D eigenvalue weighted by molar-refractivity contribution is 6.32. The van der Waals surface area contributed by atoms with E-state index >= 15 is 0 Å². The van der Waals surface area contributed by atoms with Crippen molar-refractivity contribution in [1.82, 2.24) is 0 Å². The van der Waals surface area contributed by atoms with Gasteiger partial charge in [-0.15, -0.1) is 0 Å². The van der Waals surface area contributed by atoms with Gasteiger partial charge < -0.3 is 5.73 Å². The van der Waals surface area contributed by atoms with Crippen LogP contribution in [-0.2, 0) is 4.79 Å². The summed E-state index contributed by atoms with van der Waals surface area (Å²) in [7, 11) is 0. The monoisotopic (exact) mass is 319 g/mol. The molecule has 0 unspecified atom stereocenters. The number of nitrogens with two attached hydrogens (primary N) is 1. The summed E-state index contributed by atoms with van der Waals surface area (Å²) >= 11 is 0. The van der Waals surface area contributed by atoms with E-state index in [9.17, 15) is 9.59 Å². The van der Waals surface area contributed by atoms with Crippen molar-refractivity contribution < 1.29 is 9.59 Å². The van der Waals surface area contributed by atoms with Gasteiger partial charge in [0.15, 0.2) is 0 Å². The van der Waals surface area contributed by atoms with Crippen LogP contribution >= 0.6 is 0 Å². The first-order valence-electron chi connectivity index (χ1n) is 7.54. The largest absolute Gasteiger partial charge is 0.366 e. The Bertz CT molecular complexity index is 862. The number of hydrogen-bond donors (Lipinski definition) is 1. The minimum Gasteiger partial charge on any atom is -0.366 e. The predicted octanol–water partition coefficient (Wildman–Crippen LogP) is 2.90. The van der Waals surface area contributed by atoms with Crippen molar-refractivity contribution in [2.45, 2.75) is 13.8 Å². The lowest BCUT2D eigenvalue weighted by atomic mass is 10.1. The standard InChI is InChI=1S/C19H17N3O2/c1-12-3-5-14(6-4-12)11-17-13(2)21-22(19(17)24)16-9-7-15(8-10-16)18(20)23/h3-11H,1-2H3,(H2,20,23)/b17-11-. The Morgan fingerprint density at radius 2 is 1.67 bits per heavy atom. The van der Waals surface area contributed by atoms with Crippen molar-refractivity contribution >= 4 is 29.3 Å². The Balaban J connectivity index is 1.90. The Morgan fingerprint density at radius 1 is 1.04 bits per heavy atom. The molecule has 0 bridgehead atoms. The molecule has 0 saturated carbocycles. The maximum absolute atomic E-state index is 12.7. The van der Waals surface area contributed by atoms with E-state index < -0.39 is 5.91 Å². The summed E-state index contributed by atoms with van der Waals surface area (Å²) in [6.45, 7) is 3.82. The van der Waals surface area contributed by atoms with Gasteiger partial charge in [-0.05, 0) is 49.8 Å². The molecule has 0 atom stereocenters. The van der Waals surface area contributed by atoms with Crippen LogP contribution < -0.4 is 10.7 Å². The number of rotatable bonds is 3. The first-order chi connectivity index (χ1) is 11.5. The Kier molecular flexibility index (Phi) is 4.00. The van der Waals surface area contributed by atoms with Gasteiger partial charge in [-0.2, -0.15) is 10.1 Å². The average molecular weight is 319 g/mol. The number of benzene rings is 2. The third kappa shape index (κ3) is 2.96. The molecule has 0 radical (unpaired) electrons. The molecule has 0 aliphatic carbocycles. The summed E-state index contributed by atoms with van der Waals surface area (Å²) in [5.41, 5.74) is 9.53. The summed E-state index contributed by atoms with van der Waals surface area (Å²) < 4.78 is 0. The molecular weight excluding hydrogens is 302 g/mol. The Morgan fingerprint density at radius 3 is 2.25 bits per heavy atom. The van der Waals surface area contributed by atoms with Crippen LogP contribution in [0.4, 0.5) is 5.69 Å². The third-order valence-corrected chi connectivity index (χ3v) is 3.85. The highest BCUT2D eigenvalue weighted by atomic mass is 16.2. The normalized spacial score (nSPS) is 15.8. The molecule has 2 aromatic carbocycles. The molecule has 0 aromatic heterocycles. The number of carbonyl (C=O) groups is 2. The molecule has 0 spiro atoms. The van der Waals surface area contributed by atoms with Crippen LogP contribution in [0.1, 0.15) is 28.4 Å². The molecule has 5 nitrogen and oxygen atoms in total. The fourth-order valence-corrected chi connectivity index (χ4v) is 2.46. The topological polar surface area (TPSA) is 75.8 Å². The molecule has 0 fully saturated rings. The number of amides is 2. The van der Waals surface area contributed by atoms with Gasteiger partial charge in [0.05, 0.1) is 17.0 Å². The molecule has 0 saturated heterocycles. The Hall–Kier alpha value is -3.21. The van der Waals surface area contributed by atoms with Crippen LogP contribution in [0.2, 0.25) is 0 Å². The lowest BCUT2D eigenvalue weighted by molar-refractivity contribution is -0.114. The number of nitrogens with zero attached hydrogens (tertiary/aromatic N) is 2. The van der Waals surface area contributed by atoms with Crippen molar-refractivity contribution in [1.29, 1.82) is 0 Å². The number of aryl methyl sites for hydroxylation is 1. The van der Waals surface area contributed by atoms with Crippen molar-refractivity contribution in [3.63, 3.8) is 0 Å². The number of primary amides is 1. The Labute approximate surface area is 140 Å². The minimum atomic E-state index is -0.506. The molecule has 2 amide bonds. The van der Waals surface area contributed by atoms with Gasteiger partial charge in [-0.3, -0.25) is 9.59 Å². The van der Waals surface area contributed by atoms with Gasteiger partial charge >= 0.3 is 0 Å². The van der Waals surface area contributed by atoms with Crippen LogP contribution in [0, 0.1) is 6.92 Å². The molecule has 24 heavy (non-hydrogen) atoms. The van der Waals surface area contributed by atoms with Crippen LogP contribution in [0.3, 0.4) is 0 Å². The molecule has 3 rings (SSSR count). The number of carbonyl (C=O) groups excluding carboxylic acids is 2. The molecule has 1 aliphatic rings. The molecular formula is C19H17N3O2. The third-order valence-electron chi connectivity index (χ3n) is 3.85. The molecule has 1 heterocycles. The second kappa shape index (κ2) is 6.12. The van der Waals surface area contributed by atoms with E-state index in [-0.39, 0.29) is 5.91 Å². The zero-order chi connectivity index (χ0) is 17.3. The van der Waals surface area contributed by atoms with E-state index in [4.69, 9.17) is 5.73 Å². The first-order valence-corrected chi connectivity index (χ1v) is 7.54. The lowest BCUT2D eigenvalue weighted by Crippen LogP contribution is -2.21. The first kappa shape index (κ1) is 15.7. The predicted molar refractivity (Wildman–Crippen MR) is 94.7 cm³/mol. The number of hydrogen-bond acceptors (Lipinski definition) is 3.